The van der Waals surface area contributed by atoms with Gasteiger partial charge in [-0.05, 0) is 37.0 Å². The average Bonchev–Trinajstić information content (AvgIpc) is 2.34. The second-order valence-corrected chi connectivity index (χ2v) is 4.98. The molecule has 0 unspecified atom stereocenters. The lowest BCUT2D eigenvalue weighted by Gasteiger charge is -2.26. The molecule has 0 radical (unpaired) electrons. The van der Waals surface area contributed by atoms with Gasteiger partial charge in [0.15, 0.2) is 6.61 Å². The van der Waals surface area contributed by atoms with Crippen molar-refractivity contribution in [2.24, 2.45) is 0 Å². The number of alkyl halides is 1. The predicted octanol–water partition coefficient (Wildman–Crippen LogP) is 2.76. The van der Waals surface area contributed by atoms with Crippen molar-refractivity contribution < 1.29 is 9.53 Å². The van der Waals surface area contributed by atoms with Gasteiger partial charge in [0.1, 0.15) is 5.75 Å². The molecule has 1 aliphatic rings. The molecule has 0 atom stereocenters. The third kappa shape index (κ3) is 2.80. The highest BCUT2D eigenvalue weighted by molar-refractivity contribution is 9.09. The quantitative estimate of drug-likeness (QED) is 0.632. The number of nitrogens with zero attached hydrogens (tertiary/aromatic N) is 1. The summed E-state index contributed by atoms with van der Waals surface area (Å²) in [6, 6.07) is 6.09. The summed E-state index contributed by atoms with van der Waals surface area (Å²) in [5, 5.41) is 1.05. The fourth-order valence-corrected chi connectivity index (χ4v) is 2.30. The van der Waals surface area contributed by atoms with Gasteiger partial charge >= 0.3 is 0 Å². The zero-order chi connectivity index (χ0) is 12.3. The Bertz CT molecular complexity index is 420. The molecule has 0 fully saturated rings. The molecule has 0 bridgehead atoms. The van der Waals surface area contributed by atoms with Crippen LogP contribution in [0.5, 0.6) is 5.75 Å². The van der Waals surface area contributed by atoms with Gasteiger partial charge in [-0.15, -0.1) is 0 Å². The zero-order valence-electron chi connectivity index (χ0n) is 9.91. The van der Waals surface area contributed by atoms with Gasteiger partial charge in [0.05, 0.1) is 5.69 Å². The van der Waals surface area contributed by atoms with Crippen LogP contribution in [0.2, 0.25) is 0 Å². The Balaban J connectivity index is 2.12. The predicted molar refractivity (Wildman–Crippen MR) is 72.1 cm³/mol. The maximum absolute atomic E-state index is 11.4. The van der Waals surface area contributed by atoms with Crippen molar-refractivity contribution in [1.82, 2.24) is 0 Å². The molecule has 4 heteroatoms. The van der Waals surface area contributed by atoms with Crippen LogP contribution in [0.3, 0.4) is 0 Å². The molecular formula is C13H16BrNO2. The van der Waals surface area contributed by atoms with E-state index in [1.54, 1.807) is 11.9 Å². The summed E-state index contributed by atoms with van der Waals surface area (Å²) in [6.45, 7) is 0.147. The second kappa shape index (κ2) is 5.54. The number of halogens is 1. The monoisotopic (exact) mass is 297 g/mol. The van der Waals surface area contributed by atoms with Crippen LogP contribution >= 0.6 is 15.9 Å². The number of unbranched alkanes of at least 4 members (excludes halogenated alkanes) is 1. The number of carbonyl (C=O) groups is 1. The third-order valence-electron chi connectivity index (χ3n) is 2.96. The van der Waals surface area contributed by atoms with E-state index < -0.39 is 0 Å². The van der Waals surface area contributed by atoms with Crippen molar-refractivity contribution in [3.8, 4) is 5.75 Å². The largest absolute Gasteiger partial charge is 0.482 e. The van der Waals surface area contributed by atoms with Gasteiger partial charge in [0.2, 0.25) is 0 Å². The fraction of sp³-hybridized carbons (Fsp3) is 0.462. The maximum atomic E-state index is 11.4. The number of hydrogen-bond donors (Lipinski definition) is 0. The van der Waals surface area contributed by atoms with Crippen molar-refractivity contribution in [2.45, 2.75) is 19.3 Å². The molecule has 17 heavy (non-hydrogen) atoms. The van der Waals surface area contributed by atoms with E-state index in [0.29, 0.717) is 0 Å². The van der Waals surface area contributed by atoms with Crippen LogP contribution in [0, 0.1) is 0 Å². The Hall–Kier alpha value is -1.03. The molecule has 92 valence electrons. The topological polar surface area (TPSA) is 29.5 Å². The summed E-state index contributed by atoms with van der Waals surface area (Å²) in [6.07, 6.45) is 3.40. The zero-order valence-corrected chi connectivity index (χ0v) is 11.5. The lowest BCUT2D eigenvalue weighted by molar-refractivity contribution is -0.120. The van der Waals surface area contributed by atoms with E-state index in [-0.39, 0.29) is 12.5 Å². The lowest BCUT2D eigenvalue weighted by Crippen LogP contribution is -2.35. The molecule has 1 amide bonds. The van der Waals surface area contributed by atoms with Crippen molar-refractivity contribution in [1.29, 1.82) is 0 Å². The van der Waals surface area contributed by atoms with Gasteiger partial charge in [-0.1, -0.05) is 22.0 Å². The number of ether oxygens (including phenoxy) is 1. The molecule has 0 N–H and O–H groups in total. The first-order valence-corrected chi connectivity index (χ1v) is 6.93. The number of fused-ring (bicyclic) bond motifs is 1. The van der Waals surface area contributed by atoms with Gasteiger partial charge in [-0.3, -0.25) is 4.79 Å². The van der Waals surface area contributed by atoms with Crippen LogP contribution < -0.4 is 9.64 Å². The van der Waals surface area contributed by atoms with Crippen LogP contribution in [-0.4, -0.2) is 24.9 Å². The van der Waals surface area contributed by atoms with Crippen LogP contribution in [0.25, 0.3) is 0 Å². The SMILES string of the molecule is CN1C(=O)COc2cc(CCCCBr)ccc21. The highest BCUT2D eigenvalue weighted by atomic mass is 79.9. The van der Waals surface area contributed by atoms with Crippen molar-refractivity contribution in [2.75, 3.05) is 23.9 Å². The van der Waals surface area contributed by atoms with Gasteiger partial charge < -0.3 is 9.64 Å². The van der Waals surface area contributed by atoms with Crippen LogP contribution in [0.1, 0.15) is 18.4 Å². The molecule has 1 aliphatic heterocycles. The molecule has 1 heterocycles. The minimum Gasteiger partial charge on any atom is -0.482 e. The standard InChI is InChI=1S/C13H16BrNO2/c1-15-11-6-5-10(4-2-3-7-14)8-12(11)17-9-13(15)16/h5-6,8H,2-4,7,9H2,1H3. The molecule has 0 aliphatic carbocycles. The van der Waals surface area contributed by atoms with Gasteiger partial charge in [-0.25, -0.2) is 0 Å². The van der Waals surface area contributed by atoms with Crippen LogP contribution in [0.4, 0.5) is 5.69 Å². The summed E-state index contributed by atoms with van der Waals surface area (Å²) in [5.74, 6) is 0.827. The highest BCUT2D eigenvalue weighted by Crippen LogP contribution is 2.32. The van der Waals surface area contributed by atoms with E-state index in [0.717, 1.165) is 23.2 Å². The molecule has 1 aromatic rings. The van der Waals surface area contributed by atoms with Gasteiger partial charge in [0, 0.05) is 12.4 Å². The summed E-state index contributed by atoms with van der Waals surface area (Å²) in [7, 11) is 1.79. The molecule has 2 rings (SSSR count). The van der Waals surface area contributed by atoms with E-state index in [2.05, 4.69) is 22.0 Å². The second-order valence-electron chi connectivity index (χ2n) is 4.19. The van der Waals surface area contributed by atoms with Crippen molar-refractivity contribution in [3.63, 3.8) is 0 Å². The third-order valence-corrected chi connectivity index (χ3v) is 3.52. The molecule has 1 aromatic carbocycles. The normalized spacial score (nSPS) is 14.5. The number of carbonyl (C=O) groups excluding carboxylic acids is 1. The van der Waals surface area contributed by atoms with Crippen molar-refractivity contribution >= 4 is 27.5 Å². The first-order chi connectivity index (χ1) is 8.22. The van der Waals surface area contributed by atoms with E-state index in [9.17, 15) is 4.79 Å². The molecule has 0 saturated heterocycles. The first-order valence-electron chi connectivity index (χ1n) is 5.80. The van der Waals surface area contributed by atoms with Gasteiger partial charge in [-0.2, -0.15) is 0 Å². The Morgan fingerprint density at radius 1 is 1.41 bits per heavy atom. The first kappa shape index (κ1) is 12.4. The van der Waals surface area contributed by atoms with E-state index in [4.69, 9.17) is 4.74 Å². The summed E-state index contributed by atoms with van der Waals surface area (Å²) in [5.41, 5.74) is 2.14. The van der Waals surface area contributed by atoms with Crippen LogP contribution in [0.15, 0.2) is 18.2 Å². The van der Waals surface area contributed by atoms with E-state index in [1.807, 2.05) is 12.1 Å². The number of anilines is 1. The summed E-state index contributed by atoms with van der Waals surface area (Å²) < 4.78 is 5.45. The fourth-order valence-electron chi connectivity index (χ4n) is 1.90. The number of aryl methyl sites for hydroxylation is 1. The lowest BCUT2D eigenvalue weighted by atomic mass is 10.1. The number of hydrogen-bond acceptors (Lipinski definition) is 2. The molecule has 0 aromatic heterocycles. The van der Waals surface area contributed by atoms with Crippen molar-refractivity contribution in [3.05, 3.63) is 23.8 Å². The molecule has 3 nitrogen and oxygen atoms in total. The minimum atomic E-state index is 0.00420. The Kier molecular flexibility index (Phi) is 4.05. The Morgan fingerprint density at radius 3 is 3.00 bits per heavy atom. The Morgan fingerprint density at radius 2 is 2.24 bits per heavy atom. The number of rotatable bonds is 4. The van der Waals surface area contributed by atoms with Crippen LogP contribution in [-0.2, 0) is 11.2 Å². The molecular weight excluding hydrogens is 282 g/mol. The Labute approximate surface area is 110 Å². The molecule has 0 saturated carbocycles. The number of benzene rings is 1. The van der Waals surface area contributed by atoms with E-state index >= 15 is 0 Å². The minimum absolute atomic E-state index is 0.00420. The van der Waals surface area contributed by atoms with Gasteiger partial charge in [0.25, 0.3) is 5.91 Å². The smallest absolute Gasteiger partial charge is 0.264 e. The van der Waals surface area contributed by atoms with E-state index in [1.165, 1.54) is 18.4 Å². The number of amides is 1. The average molecular weight is 298 g/mol. The summed E-state index contributed by atoms with van der Waals surface area (Å²) in [4.78, 5) is 13.1. The highest BCUT2D eigenvalue weighted by Gasteiger charge is 2.21. The number of likely N-dealkylation sites (N-methyl/N-ethyl adjacent to an activating group) is 1. The maximum Gasteiger partial charge on any atom is 0.264 e. The molecule has 0 spiro atoms. The summed E-state index contributed by atoms with van der Waals surface area (Å²) >= 11 is 3.43.